The number of aromatic nitrogens is 2. The molecule has 8 heteroatoms. The first-order valence-corrected chi connectivity index (χ1v) is 14.1. The molecule has 0 spiro atoms. The molecule has 4 aromatic rings. The first-order valence-electron chi connectivity index (χ1n) is 13.4. The van der Waals surface area contributed by atoms with Gasteiger partial charge in [0.15, 0.2) is 23.7 Å². The zero-order chi connectivity index (χ0) is 28.2. The molecule has 202 valence electrons. The van der Waals surface area contributed by atoms with Crippen LogP contribution in [0.25, 0.3) is 40.0 Å². The van der Waals surface area contributed by atoms with Crippen molar-refractivity contribution in [3.63, 3.8) is 0 Å². The van der Waals surface area contributed by atoms with Crippen LogP contribution in [0.2, 0.25) is 0 Å². The van der Waals surface area contributed by atoms with Gasteiger partial charge in [-0.25, -0.2) is 9.98 Å². The summed E-state index contributed by atoms with van der Waals surface area (Å²) in [7, 11) is 4.09. The smallest absolute Gasteiger partial charge is 0.180 e. The maximum Gasteiger partial charge on any atom is 0.180 e. The van der Waals surface area contributed by atoms with Crippen LogP contribution < -0.4 is 15.3 Å². The second-order valence-corrected chi connectivity index (χ2v) is 11.2. The quantitative estimate of drug-likeness (QED) is 0.261. The largest absolute Gasteiger partial charge is 0.475 e. The van der Waals surface area contributed by atoms with Gasteiger partial charge in [-0.1, -0.05) is 60.1 Å². The third kappa shape index (κ3) is 3.14. The van der Waals surface area contributed by atoms with Gasteiger partial charge in [0.05, 0.1) is 21.6 Å². The Labute approximate surface area is 245 Å². The highest BCUT2D eigenvalue weighted by Gasteiger charge is 2.44. The number of allylic oxidation sites excluding steroid dienone is 1. The predicted molar refractivity (Wildman–Crippen MR) is 167 cm³/mol. The monoisotopic (exact) mass is 578 g/mol. The third-order valence-electron chi connectivity index (χ3n) is 8.38. The van der Waals surface area contributed by atoms with Gasteiger partial charge in [-0.15, -0.1) is 0 Å². The van der Waals surface area contributed by atoms with E-state index in [0.717, 1.165) is 49.3 Å². The summed E-state index contributed by atoms with van der Waals surface area (Å²) >= 11 is 14.1. The lowest BCUT2D eigenvalue weighted by Crippen LogP contribution is -2.37. The molecule has 4 aliphatic rings. The zero-order valence-electron chi connectivity index (χ0n) is 22.6. The van der Waals surface area contributed by atoms with Gasteiger partial charge in [-0.2, -0.15) is 0 Å². The lowest BCUT2D eigenvalue weighted by atomic mass is 9.93. The Bertz CT molecular complexity index is 2190. The van der Waals surface area contributed by atoms with Gasteiger partial charge in [-0.3, -0.25) is 0 Å². The molecular weight excluding hydrogens is 555 g/mol. The second-order valence-electron chi connectivity index (χ2n) is 10.4. The van der Waals surface area contributed by atoms with Gasteiger partial charge >= 0.3 is 0 Å². The van der Waals surface area contributed by atoms with Crippen LogP contribution in [-0.2, 0) is 18.8 Å². The molecule has 0 bridgehead atoms. The SMILES string of the molecule is C=C/C=c1\c(=C/C)c2c3c(ccc2n1C)N=C1C(Cl)=C2OC4C(=NC2=C(Cl)C1O3)C=Cc1c4c2ccccc2n1C. The van der Waals surface area contributed by atoms with E-state index in [1.165, 1.54) is 0 Å². The molecule has 2 atom stereocenters. The molecule has 0 N–H and O–H groups in total. The van der Waals surface area contributed by atoms with Gasteiger partial charge in [-0.05, 0) is 43.4 Å². The highest BCUT2D eigenvalue weighted by atomic mass is 35.5. The number of aryl methyl sites for hydroxylation is 2. The maximum absolute atomic E-state index is 7.07. The minimum absolute atomic E-state index is 0.357. The minimum atomic E-state index is -0.706. The number of para-hydroxylation sites is 1. The Balaban J connectivity index is 1.33. The van der Waals surface area contributed by atoms with Gasteiger partial charge < -0.3 is 18.6 Å². The number of aliphatic imine (C=N–C) groups is 2. The van der Waals surface area contributed by atoms with E-state index < -0.39 is 12.2 Å². The highest BCUT2D eigenvalue weighted by molar-refractivity contribution is 6.48. The Morgan fingerprint density at radius 1 is 0.951 bits per heavy atom. The van der Waals surface area contributed by atoms with Crippen molar-refractivity contribution in [2.75, 3.05) is 0 Å². The van der Waals surface area contributed by atoms with Crippen LogP contribution in [-0.4, -0.2) is 26.7 Å². The standard InChI is InChI=1S/C33H24Cl2N4O2/c1-5-9-20-16(6-2)24-22(38(20)3)14-12-18-30(24)40-32-26(34)29-33(27(35)28(32)36-18)41-31-19(37-29)13-15-23-25(31)17-10-7-8-11-21(17)39(23)4/h5-15,31-32H,1H2,2-4H3/b16-6+,20-9+. The molecule has 2 aromatic carbocycles. The Morgan fingerprint density at radius 2 is 1.78 bits per heavy atom. The summed E-state index contributed by atoms with van der Waals surface area (Å²) in [5, 5.41) is 4.91. The van der Waals surface area contributed by atoms with E-state index >= 15 is 0 Å². The van der Waals surface area contributed by atoms with Crippen LogP contribution in [0.1, 0.15) is 24.3 Å². The number of ether oxygens (including phenoxy) is 2. The van der Waals surface area contributed by atoms with Crippen molar-refractivity contribution in [3.05, 3.63) is 98.5 Å². The van der Waals surface area contributed by atoms with E-state index in [2.05, 4.69) is 47.0 Å². The molecule has 0 radical (unpaired) electrons. The fourth-order valence-corrected chi connectivity index (χ4v) is 7.05. The zero-order valence-corrected chi connectivity index (χ0v) is 24.1. The summed E-state index contributed by atoms with van der Waals surface area (Å²) in [4.78, 5) is 9.98. The van der Waals surface area contributed by atoms with E-state index in [1.807, 2.05) is 50.4 Å². The summed E-state index contributed by atoms with van der Waals surface area (Å²) in [6.45, 7) is 5.90. The van der Waals surface area contributed by atoms with Crippen LogP contribution in [0, 0.1) is 0 Å². The number of benzene rings is 2. The summed E-state index contributed by atoms with van der Waals surface area (Å²) < 4.78 is 17.6. The second kappa shape index (κ2) is 8.62. The van der Waals surface area contributed by atoms with E-state index in [1.54, 1.807) is 6.08 Å². The van der Waals surface area contributed by atoms with Crippen LogP contribution in [0.15, 0.2) is 86.6 Å². The first kappa shape index (κ1) is 24.5. The summed E-state index contributed by atoms with van der Waals surface area (Å²) in [5.74, 6) is 1.09. The average Bonchev–Trinajstić information content (AvgIpc) is 3.45. The number of hydrogen-bond donors (Lipinski definition) is 0. The molecule has 4 heterocycles. The lowest BCUT2D eigenvalue weighted by molar-refractivity contribution is 0.169. The van der Waals surface area contributed by atoms with E-state index in [0.29, 0.717) is 38.7 Å². The molecule has 41 heavy (non-hydrogen) atoms. The lowest BCUT2D eigenvalue weighted by Gasteiger charge is -2.35. The van der Waals surface area contributed by atoms with E-state index in [9.17, 15) is 0 Å². The van der Waals surface area contributed by atoms with Crippen LogP contribution >= 0.6 is 23.2 Å². The molecule has 6 nitrogen and oxygen atoms in total. The molecule has 8 rings (SSSR count). The number of rotatable bonds is 1. The summed E-state index contributed by atoms with van der Waals surface area (Å²) in [6, 6.07) is 12.3. The van der Waals surface area contributed by atoms with Crippen LogP contribution in [0.3, 0.4) is 0 Å². The molecule has 2 aliphatic heterocycles. The Kier molecular flexibility index (Phi) is 5.16. The highest BCUT2D eigenvalue weighted by Crippen LogP contribution is 2.49. The summed E-state index contributed by atoms with van der Waals surface area (Å²) in [6.07, 6.45) is 8.80. The number of fused-ring (bicyclic) bond motifs is 10. The number of halogens is 2. The van der Waals surface area contributed by atoms with Crippen LogP contribution in [0.5, 0.6) is 5.75 Å². The minimum Gasteiger partial charge on any atom is -0.475 e. The molecule has 0 amide bonds. The molecule has 2 aromatic heterocycles. The van der Waals surface area contributed by atoms with Gasteiger partial charge in [0.25, 0.3) is 0 Å². The third-order valence-corrected chi connectivity index (χ3v) is 9.12. The van der Waals surface area contributed by atoms with Gasteiger partial charge in [0.2, 0.25) is 0 Å². The average molecular weight is 579 g/mol. The molecule has 0 fully saturated rings. The molecule has 0 saturated carbocycles. The predicted octanol–water partition coefficient (Wildman–Crippen LogP) is 6.42. The Hall–Kier alpha value is -4.26. The molecule has 2 aliphatic carbocycles. The van der Waals surface area contributed by atoms with Crippen molar-refractivity contribution in [2.45, 2.75) is 19.1 Å². The van der Waals surface area contributed by atoms with E-state index in [-0.39, 0.29) is 0 Å². The first-order chi connectivity index (χ1) is 19.9. The van der Waals surface area contributed by atoms with Crippen molar-refractivity contribution in [3.8, 4) is 5.75 Å². The number of nitrogens with zero attached hydrogens (tertiary/aromatic N) is 4. The van der Waals surface area contributed by atoms with Gasteiger partial charge in [0.1, 0.15) is 22.1 Å². The Morgan fingerprint density at radius 3 is 2.59 bits per heavy atom. The summed E-state index contributed by atoms with van der Waals surface area (Å²) in [5.41, 5.74) is 6.74. The van der Waals surface area contributed by atoms with E-state index in [4.69, 9.17) is 42.7 Å². The maximum atomic E-state index is 7.07. The number of hydrogen-bond acceptors (Lipinski definition) is 4. The van der Waals surface area contributed by atoms with Gasteiger partial charge in [0, 0.05) is 46.8 Å². The molecular formula is C33H24Cl2N4O2. The fraction of sp³-hybridized carbons (Fsp3) is 0.152. The van der Waals surface area contributed by atoms with Crippen molar-refractivity contribution >= 4 is 80.3 Å². The van der Waals surface area contributed by atoms with Crippen LogP contribution in [0.4, 0.5) is 5.69 Å². The molecule has 2 unspecified atom stereocenters. The van der Waals surface area contributed by atoms with Crippen molar-refractivity contribution in [1.29, 1.82) is 0 Å². The van der Waals surface area contributed by atoms with Crippen molar-refractivity contribution in [1.82, 2.24) is 9.13 Å². The fourth-order valence-electron chi connectivity index (χ4n) is 6.50. The molecule has 0 saturated heterocycles. The van der Waals surface area contributed by atoms with Crippen molar-refractivity contribution in [2.24, 2.45) is 24.1 Å². The van der Waals surface area contributed by atoms with Crippen molar-refractivity contribution < 1.29 is 9.47 Å². The normalized spacial score (nSPS) is 21.6. The topological polar surface area (TPSA) is 53.0 Å².